The fourth-order valence-corrected chi connectivity index (χ4v) is 9.51. The van der Waals surface area contributed by atoms with Crippen molar-refractivity contribution in [3.8, 4) is 11.8 Å². The molecule has 1 unspecified atom stereocenters. The third kappa shape index (κ3) is 5.18. The van der Waals surface area contributed by atoms with Crippen LogP contribution in [-0.2, 0) is 14.3 Å². The molecule has 1 saturated heterocycles. The van der Waals surface area contributed by atoms with Crippen LogP contribution in [0, 0.1) is 40.4 Å². The van der Waals surface area contributed by atoms with Crippen LogP contribution in [-0.4, -0.2) is 44.5 Å². The van der Waals surface area contributed by atoms with Crippen LogP contribution >= 0.6 is 0 Å². The molecule has 230 valence electrons. The summed E-state index contributed by atoms with van der Waals surface area (Å²) < 4.78 is 46.0. The molecule has 2 saturated carbocycles. The number of fused-ring (bicyclic) bond motifs is 4. The summed E-state index contributed by atoms with van der Waals surface area (Å²) in [5.74, 6) is 4.16. The lowest BCUT2D eigenvalue weighted by Gasteiger charge is -2.55. The molecule has 0 N–H and O–H groups in total. The second-order valence-corrected chi connectivity index (χ2v) is 13.7. The molecule has 6 atom stereocenters. The number of benzene rings is 1. The van der Waals surface area contributed by atoms with Gasteiger partial charge in [0.05, 0.1) is 5.41 Å². The third-order valence-corrected chi connectivity index (χ3v) is 11.5. The topological polar surface area (TPSA) is 46.6 Å². The fraction of sp³-hybridized carbons (Fsp3) is 0.611. The average molecular weight is 594 g/mol. The van der Waals surface area contributed by atoms with Crippen molar-refractivity contribution in [2.75, 3.05) is 31.7 Å². The largest absolute Gasteiger partial charge is 0.457 e. The molecule has 0 bridgehead atoms. The summed E-state index contributed by atoms with van der Waals surface area (Å²) in [5, 5.41) is 0. The fourth-order valence-electron chi connectivity index (χ4n) is 9.51. The summed E-state index contributed by atoms with van der Waals surface area (Å²) in [5.41, 5.74) is 3.88. The van der Waals surface area contributed by atoms with E-state index in [1.54, 1.807) is 5.92 Å². The number of carbonyl (C=O) groups excluding carboxylic acids is 2. The molecular formula is C36H42F3NO3. The van der Waals surface area contributed by atoms with E-state index in [-0.39, 0.29) is 41.8 Å². The normalized spacial score (nSPS) is 34.0. The summed E-state index contributed by atoms with van der Waals surface area (Å²) in [6.45, 7) is 6.02. The van der Waals surface area contributed by atoms with Crippen molar-refractivity contribution in [3.05, 3.63) is 52.6 Å². The van der Waals surface area contributed by atoms with E-state index in [0.29, 0.717) is 32.1 Å². The van der Waals surface area contributed by atoms with Gasteiger partial charge in [-0.1, -0.05) is 37.5 Å². The predicted octanol–water partition coefficient (Wildman–Crippen LogP) is 7.59. The van der Waals surface area contributed by atoms with Gasteiger partial charge < -0.3 is 9.64 Å². The van der Waals surface area contributed by atoms with Crippen molar-refractivity contribution in [2.24, 2.45) is 28.6 Å². The number of allylic oxidation sites excluding steroid dienone is 4. The Labute approximate surface area is 253 Å². The molecule has 1 heterocycles. The predicted molar refractivity (Wildman–Crippen MR) is 160 cm³/mol. The minimum Gasteiger partial charge on any atom is -0.377 e. The van der Waals surface area contributed by atoms with Gasteiger partial charge in [0.15, 0.2) is 11.6 Å². The number of hydrogen-bond acceptors (Lipinski definition) is 4. The van der Waals surface area contributed by atoms with Crippen LogP contribution in [0.15, 0.2) is 47.1 Å². The quantitative estimate of drug-likeness (QED) is 0.330. The van der Waals surface area contributed by atoms with Gasteiger partial charge in [0, 0.05) is 44.1 Å². The highest BCUT2D eigenvalue weighted by Gasteiger charge is 2.66. The maximum absolute atomic E-state index is 13.8. The monoisotopic (exact) mass is 593 g/mol. The van der Waals surface area contributed by atoms with Crippen molar-refractivity contribution in [2.45, 2.75) is 83.7 Å². The molecule has 3 fully saturated rings. The van der Waals surface area contributed by atoms with Crippen LogP contribution in [0.1, 0.15) is 83.1 Å². The number of halogens is 3. The minimum absolute atomic E-state index is 0.0174. The Morgan fingerprint density at radius 1 is 1.12 bits per heavy atom. The van der Waals surface area contributed by atoms with Crippen molar-refractivity contribution < 1.29 is 27.5 Å². The summed E-state index contributed by atoms with van der Waals surface area (Å²) >= 11 is 0. The minimum atomic E-state index is -4.69. The van der Waals surface area contributed by atoms with Gasteiger partial charge in [-0.05, 0) is 109 Å². The van der Waals surface area contributed by atoms with Gasteiger partial charge in [-0.25, -0.2) is 0 Å². The van der Waals surface area contributed by atoms with Gasteiger partial charge in [0.1, 0.15) is 6.61 Å². The highest BCUT2D eigenvalue weighted by Crippen LogP contribution is 2.70. The van der Waals surface area contributed by atoms with E-state index in [4.69, 9.17) is 4.74 Å². The molecule has 43 heavy (non-hydrogen) atoms. The number of hydrogen-bond donors (Lipinski definition) is 0. The number of carbonyl (C=O) groups is 2. The van der Waals surface area contributed by atoms with E-state index in [1.165, 1.54) is 43.2 Å². The van der Waals surface area contributed by atoms with E-state index in [2.05, 4.69) is 42.0 Å². The molecule has 0 radical (unpaired) electrons. The van der Waals surface area contributed by atoms with Crippen molar-refractivity contribution in [3.63, 3.8) is 0 Å². The first-order valence-corrected chi connectivity index (χ1v) is 15.9. The Bertz CT molecular complexity index is 1410. The van der Waals surface area contributed by atoms with Crippen LogP contribution in [0.5, 0.6) is 0 Å². The lowest BCUT2D eigenvalue weighted by molar-refractivity contribution is -0.137. The number of ether oxygens (including phenoxy) is 1. The van der Waals surface area contributed by atoms with E-state index in [1.807, 2.05) is 13.0 Å². The molecule has 4 aliphatic carbocycles. The van der Waals surface area contributed by atoms with Gasteiger partial charge in [-0.3, -0.25) is 9.59 Å². The van der Waals surface area contributed by atoms with Gasteiger partial charge in [0.2, 0.25) is 0 Å². The molecular weight excluding hydrogens is 551 g/mol. The van der Waals surface area contributed by atoms with E-state index in [9.17, 15) is 22.8 Å². The summed E-state index contributed by atoms with van der Waals surface area (Å²) in [4.78, 5) is 28.8. The van der Waals surface area contributed by atoms with Crippen LogP contribution in [0.3, 0.4) is 0 Å². The average Bonchev–Trinajstić information content (AvgIpc) is 3.29. The molecule has 7 heteroatoms. The molecule has 0 spiro atoms. The second-order valence-electron chi connectivity index (χ2n) is 13.7. The third-order valence-electron chi connectivity index (χ3n) is 11.5. The van der Waals surface area contributed by atoms with Crippen LogP contribution in [0.2, 0.25) is 0 Å². The summed E-state index contributed by atoms with van der Waals surface area (Å²) in [6, 6.07) is 8.74. The molecule has 6 rings (SSSR count). The Kier molecular flexibility index (Phi) is 7.90. The Morgan fingerprint density at radius 2 is 1.84 bits per heavy atom. The number of Topliss-reactive ketones (excluding diaryl/α,β-unsaturated/α-hetero) is 1. The van der Waals surface area contributed by atoms with Crippen molar-refractivity contribution in [1.82, 2.24) is 0 Å². The maximum atomic E-state index is 13.8. The number of piperidine rings is 1. The van der Waals surface area contributed by atoms with E-state index in [0.717, 1.165) is 30.6 Å². The van der Waals surface area contributed by atoms with Crippen molar-refractivity contribution in [1.29, 1.82) is 0 Å². The first-order chi connectivity index (χ1) is 20.5. The number of alkyl halides is 3. The molecule has 0 aromatic heterocycles. The Morgan fingerprint density at radius 3 is 2.51 bits per heavy atom. The highest BCUT2D eigenvalue weighted by molar-refractivity contribution is 5.93. The molecule has 4 nitrogen and oxygen atoms in total. The summed E-state index contributed by atoms with van der Waals surface area (Å²) in [7, 11) is 1.41. The first kappa shape index (κ1) is 30.2. The van der Waals surface area contributed by atoms with E-state index < -0.39 is 17.0 Å². The van der Waals surface area contributed by atoms with E-state index >= 15 is 0 Å². The van der Waals surface area contributed by atoms with Crippen LogP contribution in [0.25, 0.3) is 0 Å². The lowest BCUT2D eigenvalue weighted by atomic mass is 9.47. The van der Waals surface area contributed by atoms with Gasteiger partial charge in [-0.15, -0.1) is 0 Å². The maximum Gasteiger partial charge on any atom is 0.457 e. The SMILES string of the molecule is COCC(=O)[C@@]1(C#CC(F)(F)F)CC[C@H]2[C@@H]3CC(C)C4=CC(=O)CCC4=C3[C@@H](c3ccc(N4CCCCC4)cc3)C[C@@]21C. The Balaban J connectivity index is 1.50. The van der Waals surface area contributed by atoms with Crippen LogP contribution < -0.4 is 4.90 Å². The molecule has 5 aliphatic rings. The molecule has 1 aromatic carbocycles. The number of anilines is 1. The second kappa shape index (κ2) is 11.3. The lowest BCUT2D eigenvalue weighted by Crippen LogP contribution is -2.52. The molecule has 0 amide bonds. The number of ketones is 2. The first-order valence-electron chi connectivity index (χ1n) is 15.9. The zero-order valence-corrected chi connectivity index (χ0v) is 25.5. The van der Waals surface area contributed by atoms with Gasteiger partial charge in [0.25, 0.3) is 0 Å². The smallest absolute Gasteiger partial charge is 0.377 e. The molecule has 1 aliphatic heterocycles. The van der Waals surface area contributed by atoms with Crippen LogP contribution in [0.4, 0.5) is 18.9 Å². The van der Waals surface area contributed by atoms with Gasteiger partial charge in [-0.2, -0.15) is 13.2 Å². The highest BCUT2D eigenvalue weighted by atomic mass is 19.4. The molecule has 1 aromatic rings. The Hall–Kier alpha value is -2.85. The number of nitrogens with zero attached hydrogens (tertiary/aromatic N) is 1. The van der Waals surface area contributed by atoms with Gasteiger partial charge >= 0.3 is 6.18 Å². The zero-order valence-electron chi connectivity index (χ0n) is 25.5. The number of methoxy groups -OCH3 is 1. The summed E-state index contributed by atoms with van der Waals surface area (Å²) in [6.07, 6.45) is 4.27. The van der Waals surface area contributed by atoms with Crippen molar-refractivity contribution >= 4 is 17.3 Å². The zero-order chi connectivity index (χ0) is 30.6. The standard InChI is InChI=1S/C36H42F3NO3/c1-23-19-29-31-13-14-35(32(42)22-43-3,15-16-36(37,38)39)34(31,2)21-30(33(29)27-12-11-26(41)20-28(23)27)24-7-9-25(10-8-24)40-17-5-4-6-18-40/h7-10,20,23,29-31H,4-6,11-14,17-19,21-22H2,1-3H3/t23?,29-,30+,31-,34-,35-/m0/s1. The number of rotatable bonds is 5.